The molecule has 0 saturated carbocycles. The smallest absolute Gasteiger partial charge is 0.259 e. The monoisotopic (exact) mass is 371 g/mol. The van der Waals surface area contributed by atoms with E-state index in [0.29, 0.717) is 17.8 Å². The normalized spacial score (nSPS) is 11.4. The number of aryl methyl sites for hydroxylation is 1. The summed E-state index contributed by atoms with van der Waals surface area (Å²) >= 11 is 1.67. The Labute approximate surface area is 158 Å². The molecule has 0 atom stereocenters. The van der Waals surface area contributed by atoms with E-state index in [0.717, 1.165) is 25.2 Å². The highest BCUT2D eigenvalue weighted by molar-refractivity contribution is 7.10. The minimum absolute atomic E-state index is 0.0585. The van der Waals surface area contributed by atoms with Gasteiger partial charge < -0.3 is 4.90 Å². The predicted octanol–water partition coefficient (Wildman–Crippen LogP) is 3.21. The number of carbonyl (C=O) groups excluding carboxylic acids is 1. The van der Waals surface area contributed by atoms with Gasteiger partial charge in [0.25, 0.3) is 5.91 Å². The zero-order chi connectivity index (χ0) is 18.7. The molecule has 0 aliphatic carbocycles. The van der Waals surface area contributed by atoms with E-state index in [1.54, 1.807) is 26.9 Å². The molecule has 7 heteroatoms. The van der Waals surface area contributed by atoms with Crippen molar-refractivity contribution in [3.05, 3.63) is 51.6 Å². The molecule has 6 nitrogen and oxygen atoms in total. The minimum Gasteiger partial charge on any atom is -0.336 e. The maximum atomic E-state index is 12.8. The van der Waals surface area contributed by atoms with Crippen molar-refractivity contribution < 1.29 is 4.79 Å². The molecule has 1 amide bonds. The molecule has 3 rings (SSSR count). The van der Waals surface area contributed by atoms with Crippen molar-refractivity contribution in [3.8, 4) is 0 Å². The third-order valence-corrected chi connectivity index (χ3v) is 5.64. The lowest BCUT2D eigenvalue weighted by Gasteiger charge is -2.18. The van der Waals surface area contributed by atoms with Crippen molar-refractivity contribution in [3.63, 3.8) is 0 Å². The van der Waals surface area contributed by atoms with Crippen LogP contribution in [0.2, 0.25) is 0 Å². The maximum absolute atomic E-state index is 12.8. The van der Waals surface area contributed by atoms with Gasteiger partial charge in [0.05, 0.1) is 12.7 Å². The van der Waals surface area contributed by atoms with Crippen LogP contribution in [0.4, 0.5) is 0 Å². The van der Waals surface area contributed by atoms with E-state index < -0.39 is 0 Å². The van der Waals surface area contributed by atoms with Gasteiger partial charge in [0.15, 0.2) is 5.65 Å². The van der Waals surface area contributed by atoms with E-state index in [1.807, 2.05) is 19.4 Å². The molecule has 3 aromatic rings. The summed E-state index contributed by atoms with van der Waals surface area (Å²) in [5.74, 6) is -0.0585. The number of hydrogen-bond donors (Lipinski definition) is 0. The Bertz CT molecular complexity index is 896. The molecular weight excluding hydrogens is 346 g/mol. The third kappa shape index (κ3) is 3.78. The van der Waals surface area contributed by atoms with E-state index in [9.17, 15) is 4.79 Å². The number of rotatable bonds is 7. The van der Waals surface area contributed by atoms with Gasteiger partial charge in [-0.2, -0.15) is 5.10 Å². The summed E-state index contributed by atoms with van der Waals surface area (Å²) in [5, 5.41) is 6.40. The largest absolute Gasteiger partial charge is 0.336 e. The van der Waals surface area contributed by atoms with Crippen molar-refractivity contribution in [2.24, 2.45) is 0 Å². The maximum Gasteiger partial charge on any atom is 0.259 e. The fourth-order valence-electron chi connectivity index (χ4n) is 2.91. The molecule has 0 saturated heterocycles. The van der Waals surface area contributed by atoms with Gasteiger partial charge in [-0.25, -0.2) is 9.50 Å². The summed E-state index contributed by atoms with van der Waals surface area (Å²) in [6.45, 7) is 9.76. The molecule has 0 unspecified atom stereocenters. The van der Waals surface area contributed by atoms with Gasteiger partial charge in [-0.3, -0.25) is 9.69 Å². The first-order valence-electron chi connectivity index (χ1n) is 8.86. The number of fused-ring (bicyclic) bond motifs is 1. The highest BCUT2D eigenvalue weighted by atomic mass is 32.1. The van der Waals surface area contributed by atoms with Crippen molar-refractivity contribution in [1.82, 2.24) is 24.4 Å². The lowest BCUT2D eigenvalue weighted by molar-refractivity contribution is 0.0788. The molecule has 0 aliphatic heterocycles. The van der Waals surface area contributed by atoms with Gasteiger partial charge in [0, 0.05) is 36.4 Å². The zero-order valence-electron chi connectivity index (χ0n) is 15.8. The Balaban J connectivity index is 1.79. The Morgan fingerprint density at radius 3 is 2.65 bits per heavy atom. The first kappa shape index (κ1) is 18.5. The van der Waals surface area contributed by atoms with E-state index >= 15 is 0 Å². The van der Waals surface area contributed by atoms with Crippen LogP contribution in [0.15, 0.2) is 30.0 Å². The molecule has 138 valence electrons. The minimum atomic E-state index is -0.0585. The fraction of sp³-hybridized carbons (Fsp3) is 0.421. The molecule has 0 bridgehead atoms. The van der Waals surface area contributed by atoms with Gasteiger partial charge in [-0.15, -0.1) is 11.3 Å². The third-order valence-electron chi connectivity index (χ3n) is 4.64. The molecule has 3 aromatic heterocycles. The van der Waals surface area contributed by atoms with E-state index in [-0.39, 0.29) is 5.91 Å². The van der Waals surface area contributed by atoms with Crippen LogP contribution >= 0.6 is 11.3 Å². The van der Waals surface area contributed by atoms with Crippen LogP contribution in [0, 0.1) is 6.92 Å². The second kappa shape index (κ2) is 7.97. The Kier molecular flexibility index (Phi) is 5.68. The highest BCUT2D eigenvalue weighted by Gasteiger charge is 2.19. The van der Waals surface area contributed by atoms with Gasteiger partial charge >= 0.3 is 0 Å². The molecule has 3 heterocycles. The standard InChI is InChI=1S/C19H25N5OS/c1-5-23(6-2)11-15-9-20-18-16(10-21-24(18)12-15)19(25)22(4)13-17-14(3)7-8-26-17/h7-10,12H,5-6,11,13H2,1-4H3. The lowest BCUT2D eigenvalue weighted by Crippen LogP contribution is -2.26. The molecule has 0 aromatic carbocycles. The van der Waals surface area contributed by atoms with Gasteiger partial charge in [-0.1, -0.05) is 13.8 Å². The SMILES string of the molecule is CCN(CC)Cc1cnc2c(C(=O)N(C)Cc3sccc3C)cnn2c1. The average Bonchev–Trinajstić information content (AvgIpc) is 3.25. The zero-order valence-corrected chi connectivity index (χ0v) is 16.6. The van der Waals surface area contributed by atoms with Crippen LogP contribution in [0.3, 0.4) is 0 Å². The van der Waals surface area contributed by atoms with Gasteiger partial charge in [0.1, 0.15) is 5.56 Å². The van der Waals surface area contributed by atoms with E-state index in [1.165, 1.54) is 10.4 Å². The summed E-state index contributed by atoms with van der Waals surface area (Å²) in [4.78, 5) is 22.6. The summed E-state index contributed by atoms with van der Waals surface area (Å²) in [7, 11) is 1.82. The predicted molar refractivity (Wildman–Crippen MR) is 104 cm³/mol. The average molecular weight is 372 g/mol. The molecular formula is C19H25N5OS. The van der Waals surface area contributed by atoms with Crippen LogP contribution in [-0.2, 0) is 13.1 Å². The number of hydrogen-bond acceptors (Lipinski definition) is 5. The summed E-state index contributed by atoms with van der Waals surface area (Å²) in [5.41, 5.74) is 3.45. The van der Waals surface area contributed by atoms with Crippen molar-refractivity contribution in [1.29, 1.82) is 0 Å². The topological polar surface area (TPSA) is 53.7 Å². The fourth-order valence-corrected chi connectivity index (χ4v) is 3.87. The second-order valence-corrected chi connectivity index (χ2v) is 7.44. The Morgan fingerprint density at radius 2 is 2.00 bits per heavy atom. The lowest BCUT2D eigenvalue weighted by atomic mass is 10.2. The van der Waals surface area contributed by atoms with Crippen LogP contribution in [0.5, 0.6) is 0 Å². The molecule has 0 radical (unpaired) electrons. The molecule has 0 fully saturated rings. The van der Waals surface area contributed by atoms with Gasteiger partial charge in [-0.05, 0) is 37.0 Å². The molecule has 0 N–H and O–H groups in total. The quantitative estimate of drug-likeness (QED) is 0.640. The van der Waals surface area contributed by atoms with Crippen molar-refractivity contribution in [2.75, 3.05) is 20.1 Å². The Hall–Kier alpha value is -2.25. The van der Waals surface area contributed by atoms with Crippen molar-refractivity contribution >= 4 is 22.9 Å². The van der Waals surface area contributed by atoms with Crippen LogP contribution in [0.1, 0.15) is 40.2 Å². The van der Waals surface area contributed by atoms with E-state index in [2.05, 4.69) is 47.2 Å². The Morgan fingerprint density at radius 1 is 1.23 bits per heavy atom. The van der Waals surface area contributed by atoms with Gasteiger partial charge in [0.2, 0.25) is 0 Å². The number of aromatic nitrogens is 3. The first-order valence-corrected chi connectivity index (χ1v) is 9.74. The number of thiophene rings is 1. The molecule has 0 aliphatic rings. The summed E-state index contributed by atoms with van der Waals surface area (Å²) < 4.78 is 1.70. The van der Waals surface area contributed by atoms with Crippen molar-refractivity contribution in [2.45, 2.75) is 33.9 Å². The number of amides is 1. The van der Waals surface area contributed by atoms with E-state index in [4.69, 9.17) is 0 Å². The summed E-state index contributed by atoms with van der Waals surface area (Å²) in [6, 6.07) is 2.08. The van der Waals surface area contributed by atoms with Crippen LogP contribution < -0.4 is 0 Å². The highest BCUT2D eigenvalue weighted by Crippen LogP contribution is 2.19. The molecule has 0 spiro atoms. The summed E-state index contributed by atoms with van der Waals surface area (Å²) in [6.07, 6.45) is 5.42. The van der Waals surface area contributed by atoms with Crippen LogP contribution in [-0.4, -0.2) is 50.4 Å². The number of nitrogens with zero attached hydrogens (tertiary/aromatic N) is 5. The van der Waals surface area contributed by atoms with Crippen LogP contribution in [0.25, 0.3) is 5.65 Å². The second-order valence-electron chi connectivity index (χ2n) is 6.44. The first-order chi connectivity index (χ1) is 12.5. The number of carbonyl (C=O) groups is 1. The molecule has 26 heavy (non-hydrogen) atoms.